The van der Waals surface area contributed by atoms with Gasteiger partial charge in [-0.15, -0.1) is 11.3 Å². The van der Waals surface area contributed by atoms with Gasteiger partial charge in [-0.3, -0.25) is 9.59 Å². The molecule has 3 aromatic rings. The first kappa shape index (κ1) is 25.7. The van der Waals surface area contributed by atoms with Crippen LogP contribution in [0.4, 0.5) is 11.4 Å². The van der Waals surface area contributed by atoms with Crippen LogP contribution in [-0.4, -0.2) is 31.3 Å². The minimum Gasteiger partial charge on any atom is -0.465 e. The third kappa shape index (κ3) is 5.22. The van der Waals surface area contributed by atoms with E-state index in [1.54, 1.807) is 23.5 Å². The fourth-order valence-electron chi connectivity index (χ4n) is 5.30. The number of para-hydroxylation sites is 2. The van der Waals surface area contributed by atoms with Crippen LogP contribution in [0.5, 0.6) is 0 Å². The van der Waals surface area contributed by atoms with Gasteiger partial charge in [0.2, 0.25) is 5.91 Å². The molecule has 2 N–H and O–H groups in total. The maximum absolute atomic E-state index is 13.8. The number of ether oxygens (including phenoxy) is 1. The highest BCUT2D eigenvalue weighted by molar-refractivity contribution is 7.09. The number of Topliss-reactive ketones (excluding diaryl/α,β-unsaturated/α-hetero) is 1. The molecule has 38 heavy (non-hydrogen) atoms. The lowest BCUT2D eigenvalue weighted by Crippen LogP contribution is -2.41. The van der Waals surface area contributed by atoms with Crippen molar-refractivity contribution in [2.24, 2.45) is 5.41 Å². The molecule has 1 amide bonds. The highest BCUT2D eigenvalue weighted by atomic mass is 32.1. The smallest absolute Gasteiger partial charge is 0.337 e. The Balaban J connectivity index is 1.60. The number of nitrogens with zero attached hydrogens (tertiary/aromatic N) is 1. The van der Waals surface area contributed by atoms with Gasteiger partial charge in [0.15, 0.2) is 5.78 Å². The number of thiophene rings is 1. The van der Waals surface area contributed by atoms with Gasteiger partial charge < -0.3 is 20.3 Å². The second-order valence-corrected chi connectivity index (χ2v) is 11.5. The Hall–Kier alpha value is -3.91. The maximum Gasteiger partial charge on any atom is 0.337 e. The number of hydrogen-bond acceptors (Lipinski definition) is 7. The van der Waals surface area contributed by atoms with E-state index in [0.717, 1.165) is 27.5 Å². The van der Waals surface area contributed by atoms with Gasteiger partial charge in [-0.2, -0.15) is 0 Å². The first-order valence-corrected chi connectivity index (χ1v) is 13.5. The first-order chi connectivity index (χ1) is 18.3. The summed E-state index contributed by atoms with van der Waals surface area (Å²) in [6.07, 6.45) is 1.12. The molecule has 1 atom stereocenters. The highest BCUT2D eigenvalue weighted by Gasteiger charge is 2.41. The predicted molar refractivity (Wildman–Crippen MR) is 149 cm³/mol. The van der Waals surface area contributed by atoms with Crippen LogP contribution in [0.1, 0.15) is 53.5 Å². The minimum atomic E-state index is -0.510. The summed E-state index contributed by atoms with van der Waals surface area (Å²) in [7, 11) is 1.35. The number of ketones is 1. The van der Waals surface area contributed by atoms with Gasteiger partial charge in [0, 0.05) is 22.6 Å². The number of methoxy groups -OCH3 is 1. The summed E-state index contributed by atoms with van der Waals surface area (Å²) in [6, 6.07) is 18.4. The monoisotopic (exact) mass is 529 g/mol. The van der Waals surface area contributed by atoms with Gasteiger partial charge in [0.1, 0.15) is 0 Å². The van der Waals surface area contributed by atoms with Crippen LogP contribution < -0.4 is 15.5 Å². The van der Waals surface area contributed by atoms with Gasteiger partial charge in [-0.25, -0.2) is 4.79 Å². The van der Waals surface area contributed by atoms with Crippen LogP contribution >= 0.6 is 11.3 Å². The Morgan fingerprint density at radius 2 is 1.84 bits per heavy atom. The number of nitrogens with one attached hydrogen (secondary N) is 2. The van der Waals surface area contributed by atoms with Crippen molar-refractivity contribution >= 4 is 40.4 Å². The van der Waals surface area contributed by atoms with Gasteiger partial charge in [0.25, 0.3) is 0 Å². The normalized spacial score (nSPS) is 18.1. The van der Waals surface area contributed by atoms with Crippen molar-refractivity contribution in [1.82, 2.24) is 5.32 Å². The number of fused-ring (bicyclic) bond motifs is 1. The molecule has 2 aliphatic rings. The van der Waals surface area contributed by atoms with Crippen molar-refractivity contribution in [3.63, 3.8) is 0 Å². The van der Waals surface area contributed by atoms with E-state index in [9.17, 15) is 14.4 Å². The molecule has 2 aromatic carbocycles. The molecule has 0 bridgehead atoms. The molecule has 0 fully saturated rings. The molecule has 7 nitrogen and oxygen atoms in total. The number of esters is 1. The van der Waals surface area contributed by atoms with Crippen LogP contribution in [0.25, 0.3) is 0 Å². The van der Waals surface area contributed by atoms with Gasteiger partial charge in [0.05, 0.1) is 43.2 Å². The standard InChI is InChI=1S/C30H31N3O4S/c1-30(2)15-23-27(25(34)16-30)28(19-10-12-20(13-11-19)29(36)37-3)33(24-9-5-4-8-22(24)32-23)18-26(35)31-17-21-7-6-14-38-21/h4-14,28,32H,15-18H2,1-3H3,(H,31,35). The lowest BCUT2D eigenvalue weighted by atomic mass is 9.73. The number of rotatable bonds is 6. The Morgan fingerprint density at radius 3 is 2.55 bits per heavy atom. The fraction of sp³-hybridized carbons (Fsp3) is 0.300. The maximum atomic E-state index is 13.8. The van der Waals surface area contributed by atoms with E-state index in [-0.39, 0.29) is 23.7 Å². The van der Waals surface area contributed by atoms with Crippen molar-refractivity contribution in [3.8, 4) is 0 Å². The number of carbonyl (C=O) groups is 3. The summed E-state index contributed by atoms with van der Waals surface area (Å²) >= 11 is 1.59. The first-order valence-electron chi connectivity index (χ1n) is 12.6. The average molecular weight is 530 g/mol. The average Bonchev–Trinajstić information content (AvgIpc) is 3.37. The summed E-state index contributed by atoms with van der Waals surface area (Å²) in [5.41, 5.74) is 4.28. The summed E-state index contributed by atoms with van der Waals surface area (Å²) in [4.78, 5) is 42.2. The molecule has 196 valence electrons. The molecule has 0 saturated heterocycles. The Morgan fingerprint density at radius 1 is 1.08 bits per heavy atom. The number of amides is 1. The van der Waals surface area contributed by atoms with Crippen LogP contribution in [0, 0.1) is 5.41 Å². The largest absolute Gasteiger partial charge is 0.465 e. The van der Waals surface area contributed by atoms with E-state index in [1.807, 2.05) is 58.8 Å². The third-order valence-electron chi connectivity index (χ3n) is 7.01. The number of hydrogen-bond donors (Lipinski definition) is 2. The van der Waals surface area contributed by atoms with Crippen LogP contribution in [0.3, 0.4) is 0 Å². The molecular weight excluding hydrogens is 498 g/mol. The topological polar surface area (TPSA) is 87.7 Å². The zero-order chi connectivity index (χ0) is 26.9. The van der Waals surface area contributed by atoms with Crippen molar-refractivity contribution in [1.29, 1.82) is 0 Å². The zero-order valence-corrected chi connectivity index (χ0v) is 22.6. The quantitative estimate of drug-likeness (QED) is 0.412. The molecule has 0 saturated carbocycles. The van der Waals surface area contributed by atoms with Crippen LogP contribution in [-0.2, 0) is 20.9 Å². The fourth-order valence-corrected chi connectivity index (χ4v) is 5.95. The molecule has 1 aliphatic carbocycles. The lowest BCUT2D eigenvalue weighted by molar-refractivity contribution is -0.120. The molecule has 0 radical (unpaired) electrons. The molecule has 1 aromatic heterocycles. The SMILES string of the molecule is COC(=O)c1ccc(C2C3=C(CC(C)(C)CC3=O)Nc3ccccc3N2CC(=O)NCc2cccs2)cc1. The minimum absolute atomic E-state index is 0.0565. The number of anilines is 2. The summed E-state index contributed by atoms with van der Waals surface area (Å²) in [6.45, 7) is 4.71. The van der Waals surface area contributed by atoms with Crippen LogP contribution in [0.15, 0.2) is 77.3 Å². The molecule has 0 spiro atoms. The number of allylic oxidation sites excluding steroid dienone is 1. The second-order valence-electron chi connectivity index (χ2n) is 10.5. The van der Waals surface area contributed by atoms with Crippen molar-refractivity contribution in [2.75, 3.05) is 23.9 Å². The number of carbonyl (C=O) groups excluding carboxylic acids is 3. The van der Waals surface area contributed by atoms with E-state index in [1.165, 1.54) is 7.11 Å². The Labute approximate surface area is 226 Å². The van der Waals surface area contributed by atoms with Crippen molar-refractivity contribution in [2.45, 2.75) is 39.3 Å². The molecule has 1 unspecified atom stereocenters. The molecule has 5 rings (SSSR count). The van der Waals surface area contributed by atoms with E-state index in [0.29, 0.717) is 30.5 Å². The van der Waals surface area contributed by atoms with E-state index in [4.69, 9.17) is 4.74 Å². The van der Waals surface area contributed by atoms with Gasteiger partial charge >= 0.3 is 5.97 Å². The van der Waals surface area contributed by atoms with E-state index >= 15 is 0 Å². The van der Waals surface area contributed by atoms with Gasteiger partial charge in [-0.1, -0.05) is 44.2 Å². The zero-order valence-electron chi connectivity index (χ0n) is 21.7. The third-order valence-corrected chi connectivity index (χ3v) is 7.88. The Kier molecular flexibility index (Phi) is 7.08. The molecule has 2 heterocycles. The molecule has 1 aliphatic heterocycles. The van der Waals surface area contributed by atoms with E-state index in [2.05, 4.69) is 24.5 Å². The number of benzene rings is 2. The van der Waals surface area contributed by atoms with Crippen molar-refractivity contribution < 1.29 is 19.1 Å². The summed E-state index contributed by atoms with van der Waals surface area (Å²) < 4.78 is 4.87. The summed E-state index contributed by atoms with van der Waals surface area (Å²) in [5, 5.41) is 8.57. The second kappa shape index (κ2) is 10.5. The highest BCUT2D eigenvalue weighted by Crippen LogP contribution is 2.48. The van der Waals surface area contributed by atoms with Crippen molar-refractivity contribution in [3.05, 3.63) is 93.3 Å². The van der Waals surface area contributed by atoms with E-state index < -0.39 is 12.0 Å². The van der Waals surface area contributed by atoms with Crippen LogP contribution in [0.2, 0.25) is 0 Å². The predicted octanol–water partition coefficient (Wildman–Crippen LogP) is 5.47. The summed E-state index contributed by atoms with van der Waals surface area (Å²) in [5.74, 6) is -0.510. The van der Waals surface area contributed by atoms with Gasteiger partial charge in [-0.05, 0) is 53.1 Å². The molecule has 8 heteroatoms. The lowest BCUT2D eigenvalue weighted by Gasteiger charge is -2.38. The molecular formula is C30H31N3O4S. The Bertz CT molecular complexity index is 1390.